The maximum atomic E-state index is 6.20. The number of nitrogens with zero attached hydrogens (tertiary/aromatic N) is 1. The van der Waals surface area contributed by atoms with Crippen LogP contribution >= 0.6 is 11.8 Å². The third-order valence-electron chi connectivity index (χ3n) is 3.41. The molecule has 1 aliphatic heterocycles. The summed E-state index contributed by atoms with van der Waals surface area (Å²) in [7, 11) is 1.64. The first-order valence-corrected chi connectivity index (χ1v) is 8.07. The lowest BCUT2D eigenvalue weighted by atomic mass is 10.1. The molecule has 1 atom stereocenters. The normalized spacial score (nSPS) is 18.4. The number of hydrogen-bond acceptors (Lipinski definition) is 6. The number of nitrogens with two attached hydrogens (primary N) is 1. The van der Waals surface area contributed by atoms with Gasteiger partial charge in [-0.2, -0.15) is 11.8 Å². The maximum absolute atomic E-state index is 6.20. The van der Waals surface area contributed by atoms with E-state index in [-0.39, 0.29) is 12.0 Å². The fraction of sp³-hybridized carbons (Fsp3) is 0.400. The molecule has 2 N–H and O–H groups in total. The SMILES string of the molecule is COc1cccc(-c2cc(N)on2)c1OC1CCCSC1. The van der Waals surface area contributed by atoms with Crippen molar-refractivity contribution in [2.45, 2.75) is 18.9 Å². The van der Waals surface area contributed by atoms with Gasteiger partial charge in [-0.3, -0.25) is 0 Å². The van der Waals surface area contributed by atoms with Crippen molar-refractivity contribution in [1.29, 1.82) is 0 Å². The first-order chi connectivity index (χ1) is 10.3. The molecule has 0 spiro atoms. The number of methoxy groups -OCH3 is 1. The van der Waals surface area contributed by atoms with Crippen LogP contribution in [0.5, 0.6) is 11.5 Å². The summed E-state index contributed by atoms with van der Waals surface area (Å²) in [6, 6.07) is 7.42. The predicted octanol–water partition coefficient (Wildman–Crippen LogP) is 3.21. The summed E-state index contributed by atoms with van der Waals surface area (Å²) in [5.74, 6) is 3.90. The third kappa shape index (κ3) is 3.10. The summed E-state index contributed by atoms with van der Waals surface area (Å²) in [5.41, 5.74) is 7.11. The lowest BCUT2D eigenvalue weighted by Crippen LogP contribution is -2.23. The van der Waals surface area contributed by atoms with Gasteiger partial charge in [-0.05, 0) is 30.7 Å². The first-order valence-electron chi connectivity index (χ1n) is 6.92. The minimum atomic E-state index is 0.197. The largest absolute Gasteiger partial charge is 0.493 e. The first kappa shape index (κ1) is 14.1. The van der Waals surface area contributed by atoms with Gasteiger partial charge in [-0.25, -0.2) is 0 Å². The van der Waals surface area contributed by atoms with E-state index in [1.165, 1.54) is 12.2 Å². The average molecular weight is 306 g/mol. The van der Waals surface area contributed by atoms with Gasteiger partial charge in [0.1, 0.15) is 11.8 Å². The number of benzene rings is 1. The Balaban J connectivity index is 1.95. The molecule has 5 nitrogen and oxygen atoms in total. The predicted molar refractivity (Wildman–Crippen MR) is 83.9 cm³/mol. The summed E-state index contributed by atoms with van der Waals surface area (Å²) in [4.78, 5) is 0. The molecule has 2 aromatic rings. The number of aromatic nitrogens is 1. The highest BCUT2D eigenvalue weighted by molar-refractivity contribution is 7.99. The van der Waals surface area contributed by atoms with Crippen molar-refractivity contribution in [3.63, 3.8) is 0 Å². The highest BCUT2D eigenvalue weighted by Crippen LogP contribution is 2.39. The number of nitrogen functional groups attached to an aromatic ring is 1. The molecular weight excluding hydrogens is 288 g/mol. The van der Waals surface area contributed by atoms with E-state index in [1.54, 1.807) is 13.2 Å². The van der Waals surface area contributed by atoms with E-state index in [0.29, 0.717) is 17.2 Å². The van der Waals surface area contributed by atoms with Crippen LogP contribution in [0.3, 0.4) is 0 Å². The molecular formula is C15H18N2O3S. The van der Waals surface area contributed by atoms with Crippen LogP contribution in [0.1, 0.15) is 12.8 Å². The topological polar surface area (TPSA) is 70.5 Å². The van der Waals surface area contributed by atoms with Gasteiger partial charge in [0.2, 0.25) is 5.88 Å². The van der Waals surface area contributed by atoms with E-state index in [4.69, 9.17) is 19.7 Å². The Morgan fingerprint density at radius 1 is 1.43 bits per heavy atom. The lowest BCUT2D eigenvalue weighted by Gasteiger charge is -2.24. The van der Waals surface area contributed by atoms with Crippen LogP contribution in [0.2, 0.25) is 0 Å². The number of rotatable bonds is 4. The van der Waals surface area contributed by atoms with Gasteiger partial charge < -0.3 is 19.7 Å². The van der Waals surface area contributed by atoms with Gasteiger partial charge >= 0.3 is 0 Å². The standard InChI is InChI=1S/C15H18N2O3S/c1-18-13-6-2-5-11(12-8-14(16)20-17-12)15(13)19-10-4-3-7-21-9-10/h2,5-6,8,10H,3-4,7,9,16H2,1H3. The second-order valence-electron chi connectivity index (χ2n) is 4.91. The van der Waals surface area contributed by atoms with Crippen LogP contribution in [0.25, 0.3) is 11.3 Å². The Hall–Kier alpha value is -1.82. The number of ether oxygens (including phenoxy) is 2. The van der Waals surface area contributed by atoms with E-state index in [2.05, 4.69) is 5.16 Å². The summed E-state index contributed by atoms with van der Waals surface area (Å²) in [6.07, 6.45) is 2.44. The Morgan fingerprint density at radius 3 is 3.00 bits per heavy atom. The zero-order valence-electron chi connectivity index (χ0n) is 11.9. The van der Waals surface area contributed by atoms with Crippen molar-refractivity contribution in [1.82, 2.24) is 5.16 Å². The molecule has 1 fully saturated rings. The van der Waals surface area contributed by atoms with Crippen LogP contribution in [0.15, 0.2) is 28.8 Å². The number of thioether (sulfide) groups is 1. The quantitative estimate of drug-likeness (QED) is 0.935. The van der Waals surface area contributed by atoms with Gasteiger partial charge in [0.25, 0.3) is 0 Å². The highest BCUT2D eigenvalue weighted by atomic mass is 32.2. The molecule has 0 aliphatic carbocycles. The van der Waals surface area contributed by atoms with Gasteiger partial charge in [-0.1, -0.05) is 11.2 Å². The number of hydrogen-bond donors (Lipinski definition) is 1. The third-order valence-corrected chi connectivity index (χ3v) is 4.59. The van der Waals surface area contributed by atoms with Crippen LogP contribution < -0.4 is 15.2 Å². The van der Waals surface area contributed by atoms with Crippen LogP contribution in [-0.2, 0) is 0 Å². The monoisotopic (exact) mass is 306 g/mol. The van der Waals surface area contributed by atoms with Gasteiger partial charge in [-0.15, -0.1) is 0 Å². The van der Waals surface area contributed by atoms with Crippen LogP contribution in [-0.4, -0.2) is 29.9 Å². The fourth-order valence-corrected chi connectivity index (χ4v) is 3.42. The Kier molecular flexibility index (Phi) is 4.24. The summed E-state index contributed by atoms with van der Waals surface area (Å²) < 4.78 is 16.6. The molecule has 0 amide bonds. The van der Waals surface area contributed by atoms with E-state index in [9.17, 15) is 0 Å². The molecule has 1 aliphatic rings. The van der Waals surface area contributed by atoms with Gasteiger partial charge in [0.05, 0.1) is 7.11 Å². The smallest absolute Gasteiger partial charge is 0.222 e. The molecule has 1 aromatic heterocycles. The van der Waals surface area contributed by atoms with Crippen molar-refractivity contribution in [3.8, 4) is 22.8 Å². The van der Waals surface area contributed by atoms with E-state index in [0.717, 1.165) is 17.7 Å². The van der Waals surface area contributed by atoms with Crippen LogP contribution in [0, 0.1) is 0 Å². The lowest BCUT2D eigenvalue weighted by molar-refractivity contribution is 0.203. The molecule has 1 unspecified atom stereocenters. The summed E-state index contributed by atoms with van der Waals surface area (Å²) >= 11 is 1.92. The van der Waals surface area contributed by atoms with Gasteiger partial charge in [0.15, 0.2) is 11.5 Å². The minimum Gasteiger partial charge on any atom is -0.493 e. The van der Waals surface area contributed by atoms with Crippen molar-refractivity contribution in [2.75, 3.05) is 24.3 Å². The van der Waals surface area contributed by atoms with E-state index in [1.807, 2.05) is 30.0 Å². The molecule has 1 saturated heterocycles. The molecule has 0 saturated carbocycles. The minimum absolute atomic E-state index is 0.197. The Morgan fingerprint density at radius 2 is 2.33 bits per heavy atom. The second-order valence-corrected chi connectivity index (χ2v) is 6.06. The Labute approximate surface area is 127 Å². The fourth-order valence-electron chi connectivity index (χ4n) is 2.39. The number of para-hydroxylation sites is 1. The summed E-state index contributed by atoms with van der Waals surface area (Å²) in [6.45, 7) is 0. The van der Waals surface area contributed by atoms with Crippen LogP contribution in [0.4, 0.5) is 5.88 Å². The van der Waals surface area contributed by atoms with Crippen molar-refractivity contribution in [2.24, 2.45) is 0 Å². The summed E-state index contributed by atoms with van der Waals surface area (Å²) in [5, 5.41) is 3.97. The molecule has 1 aromatic carbocycles. The molecule has 3 rings (SSSR count). The van der Waals surface area contributed by atoms with Crippen molar-refractivity contribution < 1.29 is 14.0 Å². The highest BCUT2D eigenvalue weighted by Gasteiger charge is 2.21. The zero-order valence-corrected chi connectivity index (χ0v) is 12.7. The maximum Gasteiger partial charge on any atom is 0.222 e. The molecule has 2 heterocycles. The Bertz CT molecular complexity index is 609. The molecule has 6 heteroatoms. The zero-order chi connectivity index (χ0) is 14.7. The van der Waals surface area contributed by atoms with Gasteiger partial charge in [0, 0.05) is 17.4 Å². The van der Waals surface area contributed by atoms with E-state index < -0.39 is 0 Å². The molecule has 0 bridgehead atoms. The number of anilines is 1. The van der Waals surface area contributed by atoms with Crippen molar-refractivity contribution >= 4 is 17.6 Å². The molecule has 21 heavy (non-hydrogen) atoms. The van der Waals surface area contributed by atoms with E-state index >= 15 is 0 Å². The second kappa shape index (κ2) is 6.30. The molecule has 112 valence electrons. The molecule has 0 radical (unpaired) electrons. The average Bonchev–Trinajstić information content (AvgIpc) is 2.95. The van der Waals surface area contributed by atoms with Crippen molar-refractivity contribution in [3.05, 3.63) is 24.3 Å².